The molecule has 0 amide bonds. The SMILES string of the molecule is CCOC(=O)C1CC12CC(C)(C)CC(C)(C)C2. The first-order chi connectivity index (χ1) is 7.70. The van der Waals surface area contributed by atoms with E-state index >= 15 is 0 Å². The van der Waals surface area contributed by atoms with E-state index in [0.717, 1.165) is 6.42 Å². The van der Waals surface area contributed by atoms with Gasteiger partial charge in [-0.1, -0.05) is 27.7 Å². The van der Waals surface area contributed by atoms with Crippen molar-refractivity contribution in [2.24, 2.45) is 22.2 Å². The summed E-state index contributed by atoms with van der Waals surface area (Å²) in [6, 6.07) is 0. The van der Waals surface area contributed by atoms with Crippen LogP contribution in [0.1, 0.15) is 60.3 Å². The molecule has 2 heteroatoms. The third-order valence-electron chi connectivity index (χ3n) is 4.38. The van der Waals surface area contributed by atoms with E-state index in [4.69, 9.17) is 4.74 Å². The van der Waals surface area contributed by atoms with Crippen molar-refractivity contribution < 1.29 is 9.53 Å². The molecule has 0 N–H and O–H groups in total. The molecule has 2 saturated carbocycles. The van der Waals surface area contributed by atoms with Crippen molar-refractivity contribution in [2.45, 2.75) is 60.3 Å². The molecule has 2 aliphatic carbocycles. The van der Waals surface area contributed by atoms with E-state index in [1.807, 2.05) is 6.92 Å². The van der Waals surface area contributed by atoms with Crippen LogP contribution in [-0.2, 0) is 9.53 Å². The third-order valence-corrected chi connectivity index (χ3v) is 4.38. The second-order valence-electron chi connectivity index (χ2n) is 7.73. The number of rotatable bonds is 2. The lowest BCUT2D eigenvalue weighted by Gasteiger charge is -2.46. The van der Waals surface area contributed by atoms with Gasteiger partial charge in [0.05, 0.1) is 12.5 Å². The van der Waals surface area contributed by atoms with Crippen molar-refractivity contribution >= 4 is 5.97 Å². The third kappa shape index (κ3) is 2.51. The van der Waals surface area contributed by atoms with Crippen molar-refractivity contribution in [2.75, 3.05) is 6.61 Å². The molecule has 0 aliphatic heterocycles. The molecule has 0 saturated heterocycles. The van der Waals surface area contributed by atoms with E-state index in [1.165, 1.54) is 19.3 Å². The summed E-state index contributed by atoms with van der Waals surface area (Å²) in [7, 11) is 0. The molecule has 1 unspecified atom stereocenters. The number of ether oxygens (including phenoxy) is 1. The van der Waals surface area contributed by atoms with Crippen LogP contribution < -0.4 is 0 Å². The summed E-state index contributed by atoms with van der Waals surface area (Å²) >= 11 is 0. The molecule has 1 atom stereocenters. The maximum absolute atomic E-state index is 11.9. The van der Waals surface area contributed by atoms with Crippen molar-refractivity contribution in [1.82, 2.24) is 0 Å². The Kier molecular flexibility index (Phi) is 2.83. The fourth-order valence-electron chi connectivity index (χ4n) is 4.70. The van der Waals surface area contributed by atoms with Gasteiger partial charge in [0.25, 0.3) is 0 Å². The van der Waals surface area contributed by atoms with Gasteiger partial charge in [0.1, 0.15) is 0 Å². The van der Waals surface area contributed by atoms with Crippen LogP contribution in [0.5, 0.6) is 0 Å². The summed E-state index contributed by atoms with van der Waals surface area (Å²) in [6.45, 7) is 11.8. The summed E-state index contributed by atoms with van der Waals surface area (Å²) in [6.07, 6.45) is 4.69. The van der Waals surface area contributed by atoms with Gasteiger partial charge in [0, 0.05) is 0 Å². The Bertz CT molecular complexity index is 312. The molecule has 0 bridgehead atoms. The minimum atomic E-state index is 0.0426. The predicted octanol–water partition coefficient (Wildman–Crippen LogP) is 3.79. The number of carbonyl (C=O) groups excluding carboxylic acids is 1. The van der Waals surface area contributed by atoms with Gasteiger partial charge in [-0.25, -0.2) is 0 Å². The molecular weight excluding hydrogens is 212 g/mol. The van der Waals surface area contributed by atoms with E-state index in [9.17, 15) is 4.79 Å². The number of hydrogen-bond acceptors (Lipinski definition) is 2. The van der Waals surface area contributed by atoms with Crippen LogP contribution in [0, 0.1) is 22.2 Å². The molecule has 2 rings (SSSR count). The first-order valence-corrected chi connectivity index (χ1v) is 6.86. The molecule has 0 aromatic rings. The molecule has 0 heterocycles. The minimum Gasteiger partial charge on any atom is -0.466 e. The van der Waals surface area contributed by atoms with E-state index in [-0.39, 0.29) is 17.3 Å². The predicted molar refractivity (Wildman–Crippen MR) is 68.6 cm³/mol. The molecular formula is C15H26O2. The van der Waals surface area contributed by atoms with Gasteiger partial charge >= 0.3 is 5.97 Å². The Labute approximate surface area is 105 Å². The van der Waals surface area contributed by atoms with E-state index < -0.39 is 0 Å². The molecule has 98 valence electrons. The van der Waals surface area contributed by atoms with Gasteiger partial charge in [-0.2, -0.15) is 0 Å². The zero-order chi connectivity index (χ0) is 12.9. The Balaban J connectivity index is 2.10. The highest BCUT2D eigenvalue weighted by Gasteiger charge is 2.64. The normalized spacial score (nSPS) is 32.2. The average molecular weight is 238 g/mol. The highest BCUT2D eigenvalue weighted by molar-refractivity contribution is 5.77. The maximum Gasteiger partial charge on any atom is 0.309 e. The van der Waals surface area contributed by atoms with Crippen molar-refractivity contribution in [3.8, 4) is 0 Å². The minimum absolute atomic E-state index is 0.0426. The number of carbonyl (C=O) groups is 1. The highest BCUT2D eigenvalue weighted by Crippen LogP contribution is 2.68. The van der Waals surface area contributed by atoms with E-state index in [0.29, 0.717) is 17.4 Å². The summed E-state index contributed by atoms with van der Waals surface area (Å²) in [5.41, 5.74) is 0.990. The van der Waals surface area contributed by atoms with Crippen LogP contribution in [0.4, 0.5) is 0 Å². The van der Waals surface area contributed by atoms with Gasteiger partial charge in [-0.05, 0) is 48.9 Å². The lowest BCUT2D eigenvalue weighted by Crippen LogP contribution is -2.36. The Morgan fingerprint density at radius 2 is 1.65 bits per heavy atom. The lowest BCUT2D eigenvalue weighted by atomic mass is 9.59. The van der Waals surface area contributed by atoms with Gasteiger partial charge in [-0.3, -0.25) is 4.79 Å². The standard InChI is InChI=1S/C15H26O2/c1-6-17-12(16)11-7-15(11)9-13(2,3)8-14(4,5)10-15/h11H,6-10H2,1-5H3. The summed E-state index contributed by atoms with van der Waals surface area (Å²) < 4.78 is 5.19. The first-order valence-electron chi connectivity index (χ1n) is 6.86. The van der Waals surface area contributed by atoms with Crippen molar-refractivity contribution in [1.29, 1.82) is 0 Å². The molecule has 17 heavy (non-hydrogen) atoms. The van der Waals surface area contributed by atoms with Crippen LogP contribution in [0.15, 0.2) is 0 Å². The quantitative estimate of drug-likeness (QED) is 0.684. The van der Waals surface area contributed by atoms with Crippen molar-refractivity contribution in [3.63, 3.8) is 0 Å². The van der Waals surface area contributed by atoms with Gasteiger partial charge in [0.15, 0.2) is 0 Å². The van der Waals surface area contributed by atoms with Gasteiger partial charge in [-0.15, -0.1) is 0 Å². The second kappa shape index (κ2) is 3.73. The van der Waals surface area contributed by atoms with Crippen LogP contribution in [0.2, 0.25) is 0 Å². The molecule has 0 aromatic heterocycles. The lowest BCUT2D eigenvalue weighted by molar-refractivity contribution is -0.146. The monoisotopic (exact) mass is 238 g/mol. The number of hydrogen-bond donors (Lipinski definition) is 0. The molecule has 0 aromatic carbocycles. The van der Waals surface area contributed by atoms with Crippen LogP contribution in [0.3, 0.4) is 0 Å². The molecule has 2 aliphatic rings. The smallest absolute Gasteiger partial charge is 0.309 e. The second-order valence-corrected chi connectivity index (χ2v) is 7.73. The summed E-state index contributed by atoms with van der Waals surface area (Å²) in [5, 5.41) is 0. The highest BCUT2D eigenvalue weighted by atomic mass is 16.5. The molecule has 2 nitrogen and oxygen atoms in total. The van der Waals surface area contributed by atoms with E-state index in [1.54, 1.807) is 0 Å². The largest absolute Gasteiger partial charge is 0.466 e. The van der Waals surface area contributed by atoms with Gasteiger partial charge in [0.2, 0.25) is 0 Å². The topological polar surface area (TPSA) is 26.3 Å². The molecule has 2 fully saturated rings. The maximum atomic E-state index is 11.9. The Hall–Kier alpha value is -0.530. The first kappa shape index (κ1) is 12.9. The summed E-state index contributed by atoms with van der Waals surface area (Å²) in [5.74, 6) is 0.224. The van der Waals surface area contributed by atoms with Crippen molar-refractivity contribution in [3.05, 3.63) is 0 Å². The summed E-state index contributed by atoms with van der Waals surface area (Å²) in [4.78, 5) is 11.9. The molecule has 1 spiro atoms. The zero-order valence-electron chi connectivity index (χ0n) is 11.9. The molecule has 0 radical (unpaired) electrons. The van der Waals surface area contributed by atoms with Gasteiger partial charge < -0.3 is 4.74 Å². The fraction of sp³-hybridized carbons (Fsp3) is 0.933. The zero-order valence-corrected chi connectivity index (χ0v) is 11.9. The number of esters is 1. The Morgan fingerprint density at radius 1 is 1.12 bits per heavy atom. The Morgan fingerprint density at radius 3 is 2.12 bits per heavy atom. The van der Waals surface area contributed by atoms with Crippen LogP contribution in [-0.4, -0.2) is 12.6 Å². The fourth-order valence-corrected chi connectivity index (χ4v) is 4.70. The van der Waals surface area contributed by atoms with Crippen LogP contribution >= 0.6 is 0 Å². The van der Waals surface area contributed by atoms with Crippen LogP contribution in [0.25, 0.3) is 0 Å². The van der Waals surface area contributed by atoms with E-state index in [2.05, 4.69) is 27.7 Å². The average Bonchev–Trinajstić information content (AvgIpc) is 2.72.